The molecule has 1 N–H and O–H groups in total. The highest BCUT2D eigenvalue weighted by Gasteiger charge is 2.28. The minimum absolute atomic E-state index is 0.592. The summed E-state index contributed by atoms with van der Waals surface area (Å²) < 4.78 is 5.26. The Labute approximate surface area is 78.2 Å². The minimum atomic E-state index is 0.592. The van der Waals surface area contributed by atoms with Gasteiger partial charge in [0.2, 0.25) is 0 Å². The van der Waals surface area contributed by atoms with Gasteiger partial charge >= 0.3 is 0 Å². The van der Waals surface area contributed by atoms with Crippen LogP contribution in [0.3, 0.4) is 0 Å². The summed E-state index contributed by atoms with van der Waals surface area (Å²) in [7, 11) is 1.67. The smallest absolute Gasteiger partial charge is 0.122 e. The van der Waals surface area contributed by atoms with Gasteiger partial charge in [0, 0.05) is 5.56 Å². The van der Waals surface area contributed by atoms with E-state index in [0.717, 1.165) is 23.5 Å². The number of rotatable bonds is 3. The Morgan fingerprint density at radius 3 is 2.77 bits per heavy atom. The maximum Gasteiger partial charge on any atom is 0.122 e. The predicted octanol–water partition coefficient (Wildman–Crippen LogP) is 2.45. The zero-order valence-electron chi connectivity index (χ0n) is 7.66. The maximum atomic E-state index is 9.03. The van der Waals surface area contributed by atoms with E-state index in [9.17, 15) is 0 Å². The number of hydrogen-bond acceptors (Lipinski definition) is 2. The first-order valence-corrected chi connectivity index (χ1v) is 4.51. The SMILES string of the molecule is COc1cccc([CH]O)c1C1CC1. The molecule has 2 rings (SSSR count). The molecule has 1 saturated carbocycles. The number of hydrogen-bond donors (Lipinski definition) is 1. The Balaban J connectivity index is 2.44. The van der Waals surface area contributed by atoms with Crippen molar-refractivity contribution in [2.75, 3.05) is 7.11 Å². The summed E-state index contributed by atoms with van der Waals surface area (Å²) in [5, 5.41) is 9.03. The van der Waals surface area contributed by atoms with E-state index in [-0.39, 0.29) is 0 Å². The topological polar surface area (TPSA) is 29.5 Å². The molecule has 1 fully saturated rings. The Hall–Kier alpha value is -1.02. The average Bonchev–Trinajstić information content (AvgIpc) is 3.00. The van der Waals surface area contributed by atoms with E-state index in [2.05, 4.69) is 0 Å². The fourth-order valence-corrected chi connectivity index (χ4v) is 1.66. The van der Waals surface area contributed by atoms with Crippen molar-refractivity contribution < 1.29 is 9.84 Å². The molecule has 0 saturated heterocycles. The molecule has 2 heteroatoms. The van der Waals surface area contributed by atoms with Crippen molar-refractivity contribution in [3.63, 3.8) is 0 Å². The first-order valence-electron chi connectivity index (χ1n) is 4.51. The van der Waals surface area contributed by atoms with Crippen LogP contribution in [0.5, 0.6) is 5.75 Å². The van der Waals surface area contributed by atoms with Crippen LogP contribution in [-0.2, 0) is 0 Å². The Morgan fingerprint density at radius 1 is 1.46 bits per heavy atom. The Kier molecular flexibility index (Phi) is 2.23. The van der Waals surface area contributed by atoms with Crippen molar-refractivity contribution in [3.05, 3.63) is 35.9 Å². The molecule has 0 heterocycles. The molecule has 1 aromatic rings. The molecule has 1 radical (unpaired) electrons. The molecule has 1 aliphatic rings. The second kappa shape index (κ2) is 3.38. The minimum Gasteiger partial charge on any atom is -0.496 e. The van der Waals surface area contributed by atoms with Gasteiger partial charge in [-0.2, -0.15) is 0 Å². The summed E-state index contributed by atoms with van der Waals surface area (Å²) in [5.41, 5.74) is 2.05. The monoisotopic (exact) mass is 177 g/mol. The summed E-state index contributed by atoms with van der Waals surface area (Å²) in [6.45, 7) is 1.16. The van der Waals surface area contributed by atoms with E-state index >= 15 is 0 Å². The Morgan fingerprint density at radius 2 is 2.23 bits per heavy atom. The normalized spacial score (nSPS) is 15.8. The molecule has 2 nitrogen and oxygen atoms in total. The van der Waals surface area contributed by atoms with E-state index in [0.29, 0.717) is 5.92 Å². The second-order valence-electron chi connectivity index (χ2n) is 3.37. The van der Waals surface area contributed by atoms with Gasteiger partial charge in [-0.05, 0) is 30.4 Å². The van der Waals surface area contributed by atoms with Crippen LogP contribution in [-0.4, -0.2) is 12.2 Å². The quantitative estimate of drug-likeness (QED) is 0.768. The first-order chi connectivity index (χ1) is 6.36. The zero-order valence-corrected chi connectivity index (χ0v) is 7.66. The van der Waals surface area contributed by atoms with Gasteiger partial charge in [0.05, 0.1) is 7.11 Å². The van der Waals surface area contributed by atoms with Crippen LogP contribution in [0.15, 0.2) is 18.2 Å². The highest BCUT2D eigenvalue weighted by Crippen LogP contribution is 2.46. The van der Waals surface area contributed by atoms with E-state index < -0.39 is 0 Å². The van der Waals surface area contributed by atoms with Crippen molar-refractivity contribution in [3.8, 4) is 5.75 Å². The largest absolute Gasteiger partial charge is 0.496 e. The highest BCUT2D eigenvalue weighted by molar-refractivity contribution is 5.46. The lowest BCUT2D eigenvalue weighted by Crippen LogP contribution is -1.95. The van der Waals surface area contributed by atoms with Gasteiger partial charge < -0.3 is 9.84 Å². The van der Waals surface area contributed by atoms with Crippen molar-refractivity contribution in [2.45, 2.75) is 18.8 Å². The number of benzene rings is 1. The lowest BCUT2D eigenvalue weighted by molar-refractivity contribution is 0.399. The average molecular weight is 177 g/mol. The van der Waals surface area contributed by atoms with Crippen molar-refractivity contribution in [1.29, 1.82) is 0 Å². The molecule has 1 aromatic carbocycles. The molecule has 1 aliphatic carbocycles. The Bertz CT molecular complexity index is 281. The van der Waals surface area contributed by atoms with Crippen LogP contribution in [0.25, 0.3) is 0 Å². The third-order valence-electron chi connectivity index (χ3n) is 2.44. The molecule has 0 aliphatic heterocycles. The lowest BCUT2D eigenvalue weighted by atomic mass is 10.0. The van der Waals surface area contributed by atoms with Gasteiger partial charge in [0.25, 0.3) is 0 Å². The highest BCUT2D eigenvalue weighted by atomic mass is 16.5. The van der Waals surface area contributed by atoms with Crippen LogP contribution >= 0.6 is 0 Å². The second-order valence-corrected chi connectivity index (χ2v) is 3.37. The molecule has 13 heavy (non-hydrogen) atoms. The molecule has 0 bridgehead atoms. The lowest BCUT2D eigenvalue weighted by Gasteiger charge is -2.10. The molecular weight excluding hydrogens is 164 g/mol. The maximum absolute atomic E-state index is 9.03. The number of aliphatic hydroxyl groups excluding tert-OH is 1. The molecule has 0 atom stereocenters. The molecule has 69 valence electrons. The van der Waals surface area contributed by atoms with Crippen molar-refractivity contribution >= 4 is 0 Å². The summed E-state index contributed by atoms with van der Waals surface area (Å²) in [5.74, 6) is 1.49. The standard InChI is InChI=1S/C11H13O2/c1-13-10-4-2-3-9(7-12)11(10)8-5-6-8/h2-4,7-8,12H,5-6H2,1H3. The summed E-state index contributed by atoms with van der Waals surface area (Å²) in [6.07, 6.45) is 2.42. The van der Waals surface area contributed by atoms with Gasteiger partial charge in [0.15, 0.2) is 0 Å². The van der Waals surface area contributed by atoms with Crippen molar-refractivity contribution in [1.82, 2.24) is 0 Å². The molecule has 0 spiro atoms. The van der Waals surface area contributed by atoms with Crippen LogP contribution in [0.2, 0.25) is 0 Å². The molecule has 0 unspecified atom stereocenters. The van der Waals surface area contributed by atoms with E-state index in [1.165, 1.54) is 12.8 Å². The van der Waals surface area contributed by atoms with Crippen LogP contribution < -0.4 is 4.74 Å². The molecule has 0 amide bonds. The number of methoxy groups -OCH3 is 1. The van der Waals surface area contributed by atoms with Gasteiger partial charge in [-0.1, -0.05) is 12.1 Å². The third kappa shape index (κ3) is 1.54. The summed E-state index contributed by atoms with van der Waals surface area (Å²) >= 11 is 0. The fraction of sp³-hybridized carbons (Fsp3) is 0.364. The van der Waals surface area contributed by atoms with E-state index in [4.69, 9.17) is 9.84 Å². The first kappa shape index (κ1) is 8.57. The molecular formula is C11H13O2. The molecule has 0 aromatic heterocycles. The van der Waals surface area contributed by atoms with Gasteiger partial charge in [-0.3, -0.25) is 0 Å². The van der Waals surface area contributed by atoms with Gasteiger partial charge in [-0.25, -0.2) is 0 Å². The summed E-state index contributed by atoms with van der Waals surface area (Å²) in [6, 6.07) is 5.75. The van der Waals surface area contributed by atoms with Crippen LogP contribution in [0, 0.1) is 6.61 Å². The van der Waals surface area contributed by atoms with Gasteiger partial charge in [-0.15, -0.1) is 0 Å². The number of ether oxygens (including phenoxy) is 1. The van der Waals surface area contributed by atoms with Crippen LogP contribution in [0.4, 0.5) is 0 Å². The van der Waals surface area contributed by atoms with E-state index in [1.54, 1.807) is 7.11 Å². The third-order valence-corrected chi connectivity index (χ3v) is 2.44. The fourth-order valence-electron chi connectivity index (χ4n) is 1.66. The summed E-state index contributed by atoms with van der Waals surface area (Å²) in [4.78, 5) is 0. The van der Waals surface area contributed by atoms with Crippen molar-refractivity contribution in [2.24, 2.45) is 0 Å². The van der Waals surface area contributed by atoms with E-state index in [1.807, 2.05) is 18.2 Å². The zero-order chi connectivity index (χ0) is 9.26. The number of aliphatic hydroxyl groups is 1. The van der Waals surface area contributed by atoms with Gasteiger partial charge in [0.1, 0.15) is 12.4 Å². The predicted molar refractivity (Wildman–Crippen MR) is 50.3 cm³/mol. The van der Waals surface area contributed by atoms with Crippen LogP contribution in [0.1, 0.15) is 29.9 Å².